The lowest BCUT2D eigenvalue weighted by molar-refractivity contribution is 0.112. The summed E-state index contributed by atoms with van der Waals surface area (Å²) in [5, 5.41) is 7.26. The summed E-state index contributed by atoms with van der Waals surface area (Å²) in [7, 11) is 0. The molecule has 0 spiro atoms. The molecule has 2 aromatic heterocycles. The Hall–Kier alpha value is -1.51. The number of urea groups is 1. The Morgan fingerprint density at radius 2 is 2.19 bits per heavy atom. The van der Waals surface area contributed by atoms with E-state index in [1.54, 1.807) is 11.3 Å². The van der Waals surface area contributed by atoms with Crippen LogP contribution in [0, 0.1) is 13.8 Å². The molecule has 3 rings (SSSR count). The molecule has 0 fully saturated rings. The van der Waals surface area contributed by atoms with E-state index >= 15 is 0 Å². The highest BCUT2D eigenvalue weighted by Crippen LogP contribution is 2.26. The van der Waals surface area contributed by atoms with Crippen molar-refractivity contribution in [3.8, 4) is 0 Å². The number of thiazole rings is 2. The van der Waals surface area contributed by atoms with Gasteiger partial charge in [-0.15, -0.1) is 11.3 Å². The number of carbonyl (C=O) groups excluding carboxylic acids is 1. The second kappa shape index (κ2) is 6.08. The zero-order valence-corrected chi connectivity index (χ0v) is 13.5. The van der Waals surface area contributed by atoms with Gasteiger partial charge in [0.15, 0.2) is 5.13 Å². The lowest BCUT2D eigenvalue weighted by Gasteiger charge is -2.08. The van der Waals surface area contributed by atoms with Crippen molar-refractivity contribution in [1.29, 1.82) is 0 Å². The summed E-state index contributed by atoms with van der Waals surface area (Å²) in [6.07, 6.45) is 0.814. The van der Waals surface area contributed by atoms with E-state index in [0.717, 1.165) is 32.6 Å². The standard InChI is InChI=1S/C13H16N4O2S2/c1-7-10(20-8(2)15-7)5-14-12(18)17-13-16-9-3-4-19-6-11(9)21-13/h3-6H2,1-2H3,(H2,14,16,17,18). The number of rotatable bonds is 3. The van der Waals surface area contributed by atoms with Crippen LogP contribution < -0.4 is 10.6 Å². The van der Waals surface area contributed by atoms with Gasteiger partial charge in [0.1, 0.15) is 0 Å². The van der Waals surface area contributed by atoms with Gasteiger partial charge < -0.3 is 10.1 Å². The number of aromatic nitrogens is 2. The van der Waals surface area contributed by atoms with Crippen LogP contribution >= 0.6 is 22.7 Å². The number of amides is 2. The number of anilines is 1. The van der Waals surface area contributed by atoms with E-state index < -0.39 is 0 Å². The van der Waals surface area contributed by atoms with Crippen molar-refractivity contribution in [3.05, 3.63) is 26.1 Å². The molecule has 112 valence electrons. The summed E-state index contributed by atoms with van der Waals surface area (Å²) in [5.41, 5.74) is 2.01. The van der Waals surface area contributed by atoms with Crippen molar-refractivity contribution >= 4 is 33.8 Å². The fourth-order valence-corrected chi connectivity index (χ4v) is 3.94. The maximum atomic E-state index is 11.9. The summed E-state index contributed by atoms with van der Waals surface area (Å²) < 4.78 is 5.37. The zero-order chi connectivity index (χ0) is 14.8. The lowest BCUT2D eigenvalue weighted by atomic mass is 10.2. The van der Waals surface area contributed by atoms with E-state index in [4.69, 9.17) is 4.74 Å². The lowest BCUT2D eigenvalue weighted by Crippen LogP contribution is -2.28. The van der Waals surface area contributed by atoms with E-state index in [9.17, 15) is 4.79 Å². The first kappa shape index (κ1) is 14.4. The molecule has 6 nitrogen and oxygen atoms in total. The van der Waals surface area contributed by atoms with Crippen LogP contribution in [-0.4, -0.2) is 22.6 Å². The van der Waals surface area contributed by atoms with Gasteiger partial charge in [0.25, 0.3) is 0 Å². The van der Waals surface area contributed by atoms with Crippen LogP contribution in [0.4, 0.5) is 9.93 Å². The molecule has 0 aliphatic carbocycles. The third-order valence-corrected chi connectivity index (χ3v) is 5.18. The molecule has 0 bridgehead atoms. The second-order valence-corrected chi connectivity index (χ2v) is 7.11. The molecular formula is C13H16N4O2S2. The fourth-order valence-electron chi connectivity index (χ4n) is 2.12. The van der Waals surface area contributed by atoms with E-state index in [-0.39, 0.29) is 6.03 Å². The number of nitrogens with zero attached hydrogens (tertiary/aromatic N) is 2. The molecule has 0 saturated carbocycles. The largest absolute Gasteiger partial charge is 0.375 e. The number of hydrogen-bond acceptors (Lipinski definition) is 6. The van der Waals surface area contributed by atoms with Gasteiger partial charge in [-0.1, -0.05) is 11.3 Å². The summed E-state index contributed by atoms with van der Waals surface area (Å²) >= 11 is 3.08. The predicted molar refractivity (Wildman–Crippen MR) is 82.9 cm³/mol. The van der Waals surface area contributed by atoms with Gasteiger partial charge in [-0.2, -0.15) is 0 Å². The summed E-state index contributed by atoms with van der Waals surface area (Å²) in [6, 6.07) is -0.243. The first-order chi connectivity index (χ1) is 10.1. The molecule has 1 aliphatic heterocycles. The van der Waals surface area contributed by atoms with Crippen molar-refractivity contribution in [3.63, 3.8) is 0 Å². The third kappa shape index (κ3) is 3.39. The van der Waals surface area contributed by atoms with Crippen LogP contribution in [0.25, 0.3) is 0 Å². The van der Waals surface area contributed by atoms with Crippen molar-refractivity contribution < 1.29 is 9.53 Å². The zero-order valence-electron chi connectivity index (χ0n) is 11.9. The normalized spacial score (nSPS) is 13.8. The highest BCUT2D eigenvalue weighted by atomic mass is 32.1. The Kier molecular flexibility index (Phi) is 4.18. The van der Waals surface area contributed by atoms with Crippen molar-refractivity contribution in [2.75, 3.05) is 11.9 Å². The van der Waals surface area contributed by atoms with Crippen molar-refractivity contribution in [2.24, 2.45) is 0 Å². The minimum Gasteiger partial charge on any atom is -0.375 e. The topological polar surface area (TPSA) is 76.1 Å². The minimum absolute atomic E-state index is 0.243. The minimum atomic E-state index is -0.243. The van der Waals surface area contributed by atoms with Gasteiger partial charge in [-0.25, -0.2) is 14.8 Å². The quantitative estimate of drug-likeness (QED) is 0.910. The highest BCUT2D eigenvalue weighted by Gasteiger charge is 2.16. The van der Waals surface area contributed by atoms with Crippen molar-refractivity contribution in [1.82, 2.24) is 15.3 Å². The Morgan fingerprint density at radius 1 is 1.33 bits per heavy atom. The molecule has 2 N–H and O–H groups in total. The summed E-state index contributed by atoms with van der Waals surface area (Å²) in [4.78, 5) is 22.9. The van der Waals surface area contributed by atoms with Gasteiger partial charge >= 0.3 is 6.03 Å². The monoisotopic (exact) mass is 324 g/mol. The number of nitrogens with one attached hydrogen (secondary N) is 2. The van der Waals surface area contributed by atoms with Crippen molar-refractivity contribution in [2.45, 2.75) is 33.4 Å². The number of hydrogen-bond donors (Lipinski definition) is 2. The second-order valence-electron chi connectivity index (χ2n) is 4.74. The average Bonchev–Trinajstić information content (AvgIpc) is 2.98. The molecule has 21 heavy (non-hydrogen) atoms. The van der Waals surface area contributed by atoms with Gasteiger partial charge in [-0.3, -0.25) is 5.32 Å². The maximum absolute atomic E-state index is 11.9. The van der Waals surface area contributed by atoms with Gasteiger partial charge in [0.2, 0.25) is 0 Å². The van der Waals surface area contributed by atoms with Crippen LogP contribution in [0.1, 0.15) is 26.1 Å². The Balaban J connectivity index is 1.56. The molecule has 2 amide bonds. The van der Waals surface area contributed by atoms with Crippen LogP contribution in [-0.2, 0) is 24.3 Å². The van der Waals surface area contributed by atoms with Crippen LogP contribution in [0.5, 0.6) is 0 Å². The van der Waals surface area contributed by atoms with E-state index in [1.165, 1.54) is 11.3 Å². The third-order valence-electron chi connectivity index (χ3n) is 3.12. The molecule has 1 aliphatic rings. The van der Waals surface area contributed by atoms with Crippen LogP contribution in [0.15, 0.2) is 0 Å². The first-order valence-electron chi connectivity index (χ1n) is 6.66. The Bertz CT molecular complexity index is 642. The molecular weight excluding hydrogens is 308 g/mol. The van der Waals surface area contributed by atoms with Gasteiger partial charge in [0.05, 0.1) is 41.0 Å². The van der Waals surface area contributed by atoms with Gasteiger partial charge in [0, 0.05) is 11.3 Å². The van der Waals surface area contributed by atoms with Gasteiger partial charge in [-0.05, 0) is 13.8 Å². The molecule has 8 heteroatoms. The molecule has 0 atom stereocenters. The van der Waals surface area contributed by atoms with Crippen LogP contribution in [0.3, 0.4) is 0 Å². The maximum Gasteiger partial charge on any atom is 0.321 e. The highest BCUT2D eigenvalue weighted by molar-refractivity contribution is 7.15. The van der Waals surface area contributed by atoms with E-state index in [2.05, 4.69) is 20.6 Å². The smallest absolute Gasteiger partial charge is 0.321 e. The predicted octanol–water partition coefficient (Wildman–Crippen LogP) is 2.61. The molecule has 0 unspecified atom stereocenters. The fraction of sp³-hybridized carbons (Fsp3) is 0.462. The molecule has 2 aromatic rings. The number of fused-ring (bicyclic) bond motifs is 1. The average molecular weight is 324 g/mol. The SMILES string of the molecule is Cc1nc(C)c(CNC(=O)Nc2nc3c(s2)COCC3)s1. The molecule has 3 heterocycles. The van der Waals surface area contributed by atoms with Crippen LogP contribution in [0.2, 0.25) is 0 Å². The molecule has 0 saturated heterocycles. The first-order valence-corrected chi connectivity index (χ1v) is 8.29. The summed E-state index contributed by atoms with van der Waals surface area (Å²) in [6.45, 7) is 5.69. The number of carbonyl (C=O) groups is 1. The number of ether oxygens (including phenoxy) is 1. The Labute approximate surface area is 130 Å². The van der Waals surface area contributed by atoms with E-state index in [0.29, 0.717) is 24.9 Å². The summed E-state index contributed by atoms with van der Waals surface area (Å²) in [5.74, 6) is 0. The number of aryl methyl sites for hydroxylation is 2. The molecule has 0 radical (unpaired) electrons. The van der Waals surface area contributed by atoms with E-state index in [1.807, 2.05) is 13.8 Å². The Morgan fingerprint density at radius 3 is 2.90 bits per heavy atom. The molecule has 0 aromatic carbocycles.